The van der Waals surface area contributed by atoms with Gasteiger partial charge in [-0.1, -0.05) is 0 Å². The second-order valence-electron chi connectivity index (χ2n) is 5.11. The first-order valence-electron chi connectivity index (χ1n) is 6.18. The predicted molar refractivity (Wildman–Crippen MR) is 66.5 cm³/mol. The zero-order valence-electron chi connectivity index (χ0n) is 9.72. The average molecular weight is 237 g/mol. The zero-order valence-corrected chi connectivity index (χ0v) is 10.5. The molecule has 0 aromatic carbocycles. The van der Waals surface area contributed by atoms with Crippen LogP contribution in [0.15, 0.2) is 11.7 Å². The summed E-state index contributed by atoms with van der Waals surface area (Å²) in [6.07, 6.45) is 4.88. The van der Waals surface area contributed by atoms with Gasteiger partial charge in [-0.05, 0) is 25.7 Å². The molecule has 0 amide bonds. The van der Waals surface area contributed by atoms with E-state index in [-0.39, 0.29) is 0 Å². The number of nitrogens with zero attached hydrogens (tertiary/aromatic N) is 2. The molecule has 88 valence electrons. The minimum Gasteiger partial charge on any atom is -0.311 e. The summed E-state index contributed by atoms with van der Waals surface area (Å²) in [4.78, 5) is 8.23. The van der Waals surface area contributed by atoms with Crippen molar-refractivity contribution in [3.05, 3.63) is 16.6 Å². The molecule has 1 aliphatic carbocycles. The fourth-order valence-corrected chi connectivity index (χ4v) is 3.27. The molecule has 2 fully saturated rings. The van der Waals surface area contributed by atoms with Gasteiger partial charge in [0.1, 0.15) is 0 Å². The van der Waals surface area contributed by atoms with E-state index in [0.29, 0.717) is 6.04 Å². The first-order valence-corrected chi connectivity index (χ1v) is 7.05. The summed E-state index contributed by atoms with van der Waals surface area (Å²) >= 11 is 1.78. The Balaban J connectivity index is 1.68. The summed E-state index contributed by atoms with van der Waals surface area (Å²) in [7, 11) is 0. The van der Waals surface area contributed by atoms with Gasteiger partial charge in [-0.25, -0.2) is 0 Å². The van der Waals surface area contributed by atoms with Gasteiger partial charge in [-0.2, -0.15) is 0 Å². The third-order valence-electron chi connectivity index (χ3n) is 3.66. The fourth-order valence-electron chi connectivity index (χ4n) is 2.65. The largest absolute Gasteiger partial charge is 0.311 e. The zero-order chi connectivity index (χ0) is 11.0. The van der Waals surface area contributed by atoms with Crippen LogP contribution in [0.3, 0.4) is 0 Å². The van der Waals surface area contributed by atoms with Crippen LogP contribution in [0, 0.1) is 5.92 Å². The third-order valence-corrected chi connectivity index (χ3v) is 4.43. The van der Waals surface area contributed by atoms with E-state index in [4.69, 9.17) is 0 Å². The maximum absolute atomic E-state index is 4.17. The summed E-state index contributed by atoms with van der Waals surface area (Å²) in [5.41, 5.74) is 1.94. The van der Waals surface area contributed by atoms with Crippen LogP contribution in [-0.4, -0.2) is 35.1 Å². The minimum absolute atomic E-state index is 0.628. The van der Waals surface area contributed by atoms with E-state index in [9.17, 15) is 0 Å². The molecular formula is C12H19N3S. The molecule has 0 radical (unpaired) electrons. The van der Waals surface area contributed by atoms with Crippen LogP contribution in [0.5, 0.6) is 0 Å². The predicted octanol–water partition coefficient (Wildman–Crippen LogP) is 1.72. The van der Waals surface area contributed by atoms with Crippen molar-refractivity contribution in [2.45, 2.75) is 38.4 Å². The Morgan fingerprint density at radius 1 is 1.56 bits per heavy atom. The molecule has 1 saturated heterocycles. The second kappa shape index (κ2) is 4.43. The number of rotatable bonds is 3. The molecule has 4 heteroatoms. The normalized spacial score (nSPS) is 31.8. The van der Waals surface area contributed by atoms with Crippen molar-refractivity contribution in [1.82, 2.24) is 15.2 Å². The number of aromatic nitrogens is 1. The molecule has 2 atom stereocenters. The molecule has 2 heterocycles. The molecule has 2 aliphatic rings. The molecule has 3 rings (SSSR count). The van der Waals surface area contributed by atoms with E-state index in [0.717, 1.165) is 18.5 Å². The highest BCUT2D eigenvalue weighted by molar-refractivity contribution is 7.09. The molecule has 0 bridgehead atoms. The van der Waals surface area contributed by atoms with E-state index in [1.807, 2.05) is 11.7 Å². The summed E-state index contributed by atoms with van der Waals surface area (Å²) in [6.45, 7) is 5.73. The Bertz CT molecular complexity index is 334. The molecule has 16 heavy (non-hydrogen) atoms. The van der Waals surface area contributed by atoms with Crippen molar-refractivity contribution in [1.29, 1.82) is 0 Å². The van der Waals surface area contributed by atoms with Crippen LogP contribution in [0.25, 0.3) is 0 Å². The summed E-state index contributed by atoms with van der Waals surface area (Å²) < 4.78 is 0. The van der Waals surface area contributed by atoms with E-state index >= 15 is 0 Å². The number of hydrogen-bond acceptors (Lipinski definition) is 4. The summed E-state index contributed by atoms with van der Waals surface area (Å²) in [6, 6.07) is 1.39. The Morgan fingerprint density at radius 3 is 3.12 bits per heavy atom. The Labute approximate surface area is 101 Å². The highest BCUT2D eigenvalue weighted by atomic mass is 32.1. The quantitative estimate of drug-likeness (QED) is 0.867. The molecule has 1 aliphatic heterocycles. The van der Waals surface area contributed by atoms with Crippen molar-refractivity contribution >= 4 is 11.3 Å². The average Bonchev–Trinajstić information content (AvgIpc) is 2.98. The van der Waals surface area contributed by atoms with Gasteiger partial charge in [0.05, 0.1) is 5.51 Å². The van der Waals surface area contributed by atoms with E-state index in [2.05, 4.69) is 22.1 Å². The van der Waals surface area contributed by atoms with Crippen molar-refractivity contribution in [2.75, 3.05) is 13.1 Å². The molecule has 1 aromatic rings. The van der Waals surface area contributed by atoms with Crippen LogP contribution < -0.4 is 5.32 Å². The van der Waals surface area contributed by atoms with Crippen molar-refractivity contribution in [2.24, 2.45) is 5.92 Å². The van der Waals surface area contributed by atoms with Crippen molar-refractivity contribution in [3.8, 4) is 0 Å². The van der Waals surface area contributed by atoms with Crippen LogP contribution in [-0.2, 0) is 6.54 Å². The molecule has 2 unspecified atom stereocenters. The van der Waals surface area contributed by atoms with Gasteiger partial charge in [0.2, 0.25) is 0 Å². The van der Waals surface area contributed by atoms with E-state index in [1.54, 1.807) is 11.3 Å². The topological polar surface area (TPSA) is 28.2 Å². The van der Waals surface area contributed by atoms with E-state index in [1.165, 1.54) is 30.8 Å². The van der Waals surface area contributed by atoms with Gasteiger partial charge in [-0.3, -0.25) is 9.88 Å². The van der Waals surface area contributed by atoms with Crippen LogP contribution >= 0.6 is 11.3 Å². The minimum atomic E-state index is 0.628. The smallest absolute Gasteiger partial charge is 0.0794 e. The van der Waals surface area contributed by atoms with E-state index < -0.39 is 0 Å². The first-order chi connectivity index (χ1) is 7.83. The maximum Gasteiger partial charge on any atom is 0.0794 e. The van der Waals surface area contributed by atoms with Gasteiger partial charge in [-0.15, -0.1) is 11.3 Å². The lowest BCUT2D eigenvalue weighted by Gasteiger charge is -2.39. The summed E-state index contributed by atoms with van der Waals surface area (Å²) in [5, 5.41) is 3.61. The van der Waals surface area contributed by atoms with Crippen LogP contribution in [0.2, 0.25) is 0 Å². The lowest BCUT2D eigenvalue weighted by atomic mass is 10.1. The molecular weight excluding hydrogens is 218 g/mol. The highest BCUT2D eigenvalue weighted by Crippen LogP contribution is 2.36. The Morgan fingerprint density at radius 2 is 2.44 bits per heavy atom. The van der Waals surface area contributed by atoms with Gasteiger partial charge in [0.25, 0.3) is 0 Å². The van der Waals surface area contributed by atoms with Gasteiger partial charge >= 0.3 is 0 Å². The van der Waals surface area contributed by atoms with Gasteiger partial charge in [0.15, 0.2) is 0 Å². The third kappa shape index (κ3) is 2.29. The van der Waals surface area contributed by atoms with Crippen molar-refractivity contribution in [3.63, 3.8) is 0 Å². The second-order valence-corrected chi connectivity index (χ2v) is 6.08. The standard InChI is InChI=1S/C12H19N3S/c1-9-6-15(7-11-4-13-8-16-11)12(5-14-9)10-2-3-10/h4,8-10,12,14H,2-3,5-7H2,1H3. The van der Waals surface area contributed by atoms with Gasteiger partial charge < -0.3 is 5.32 Å². The first kappa shape index (κ1) is 10.7. The molecule has 0 spiro atoms. The number of hydrogen-bond donors (Lipinski definition) is 1. The fraction of sp³-hybridized carbons (Fsp3) is 0.750. The lowest BCUT2D eigenvalue weighted by Crippen LogP contribution is -2.55. The SMILES string of the molecule is CC1CN(Cc2cncs2)C(C2CC2)CN1. The molecule has 1 saturated carbocycles. The summed E-state index contributed by atoms with van der Waals surface area (Å²) in [5.74, 6) is 0.952. The maximum atomic E-state index is 4.17. The molecule has 3 nitrogen and oxygen atoms in total. The highest BCUT2D eigenvalue weighted by Gasteiger charge is 2.37. The lowest BCUT2D eigenvalue weighted by molar-refractivity contribution is 0.113. The van der Waals surface area contributed by atoms with Gasteiger partial charge in [0, 0.05) is 42.8 Å². The molecule has 1 N–H and O–H groups in total. The Hall–Kier alpha value is -0.450. The van der Waals surface area contributed by atoms with Crippen LogP contribution in [0.4, 0.5) is 0 Å². The van der Waals surface area contributed by atoms with Crippen molar-refractivity contribution < 1.29 is 0 Å². The number of piperazine rings is 1. The van der Waals surface area contributed by atoms with Crippen LogP contribution in [0.1, 0.15) is 24.6 Å². The number of nitrogens with one attached hydrogen (secondary N) is 1. The monoisotopic (exact) mass is 237 g/mol. The number of thiazole rings is 1. The Kier molecular flexibility index (Phi) is 2.96. The molecule has 1 aromatic heterocycles.